The predicted octanol–water partition coefficient (Wildman–Crippen LogP) is 4.33. The van der Waals surface area contributed by atoms with E-state index in [2.05, 4.69) is 31.9 Å². The average Bonchev–Trinajstić information content (AvgIpc) is 2.80. The second-order valence-electron chi connectivity index (χ2n) is 5.39. The van der Waals surface area contributed by atoms with Crippen molar-refractivity contribution in [2.75, 3.05) is 0 Å². The van der Waals surface area contributed by atoms with Crippen molar-refractivity contribution < 1.29 is 0 Å². The Morgan fingerprint density at radius 1 is 1.19 bits per heavy atom. The molecule has 0 saturated carbocycles. The van der Waals surface area contributed by atoms with Crippen molar-refractivity contribution in [1.82, 2.24) is 0 Å². The van der Waals surface area contributed by atoms with E-state index in [0.717, 1.165) is 12.8 Å². The average molecular weight is 210 g/mol. The lowest BCUT2D eigenvalue weighted by Gasteiger charge is -2.18. The monoisotopic (exact) mass is 210 g/mol. The molecule has 0 atom stereocenters. The molecule has 0 spiro atoms. The quantitative estimate of drug-likeness (QED) is 0.470. The summed E-state index contributed by atoms with van der Waals surface area (Å²) in [6, 6.07) is 0. The van der Waals surface area contributed by atoms with E-state index in [4.69, 9.17) is 0 Å². The topological polar surface area (TPSA) is 0 Å². The van der Waals surface area contributed by atoms with Crippen molar-refractivity contribution in [1.29, 1.82) is 0 Å². The Morgan fingerprint density at radius 3 is 2.19 bits per heavy atom. The first-order chi connectivity index (χ1) is 7.69. The first-order valence-corrected chi connectivity index (χ1v) is 6.18. The summed E-state index contributed by atoms with van der Waals surface area (Å²) in [5.41, 5.74) is 11.1. The molecule has 0 radical (unpaired) electrons. The van der Waals surface area contributed by atoms with Gasteiger partial charge in [-0.05, 0) is 66.7 Å². The highest BCUT2D eigenvalue weighted by Gasteiger charge is 2.35. The summed E-state index contributed by atoms with van der Waals surface area (Å²) < 4.78 is 0. The van der Waals surface area contributed by atoms with E-state index in [0.29, 0.717) is 11.8 Å². The molecule has 16 heavy (non-hydrogen) atoms. The highest BCUT2D eigenvalue weighted by Crippen LogP contribution is 2.50. The van der Waals surface area contributed by atoms with E-state index in [1.165, 1.54) is 29.6 Å². The number of fused-ring (bicyclic) bond motifs is 2. The molecule has 2 bridgehead atoms. The third-order valence-electron chi connectivity index (χ3n) is 4.26. The van der Waals surface area contributed by atoms with E-state index in [1.807, 2.05) is 0 Å². The van der Waals surface area contributed by atoms with Crippen molar-refractivity contribution >= 4 is 0 Å². The zero-order chi connectivity index (χ0) is 11.3. The molecule has 0 aromatic carbocycles. The SMILES string of the molecule is C=CC1CC2=C=C(C1)C1=C2CC(C(=C)C)C1. The summed E-state index contributed by atoms with van der Waals surface area (Å²) in [6.45, 7) is 10.2. The second-order valence-corrected chi connectivity index (χ2v) is 5.39. The number of rotatable bonds is 2. The van der Waals surface area contributed by atoms with E-state index in [9.17, 15) is 0 Å². The van der Waals surface area contributed by atoms with E-state index in [-0.39, 0.29) is 0 Å². The van der Waals surface area contributed by atoms with Crippen LogP contribution in [0.5, 0.6) is 0 Å². The van der Waals surface area contributed by atoms with Gasteiger partial charge in [-0.1, -0.05) is 18.2 Å². The largest absolute Gasteiger partial charge is 0.113 e. The fraction of sp³-hybridized carbons (Fsp3) is 0.438. The summed E-state index contributed by atoms with van der Waals surface area (Å²) in [5.74, 6) is 1.34. The van der Waals surface area contributed by atoms with Gasteiger partial charge >= 0.3 is 0 Å². The van der Waals surface area contributed by atoms with Gasteiger partial charge in [0.2, 0.25) is 0 Å². The molecule has 0 aromatic heterocycles. The molecular weight excluding hydrogens is 192 g/mol. The molecule has 0 heteroatoms. The minimum atomic E-state index is 0.653. The summed E-state index contributed by atoms with van der Waals surface area (Å²) in [5, 5.41) is 0. The maximum atomic E-state index is 4.11. The van der Waals surface area contributed by atoms with Gasteiger partial charge in [0.25, 0.3) is 0 Å². The minimum Gasteiger partial charge on any atom is -0.113 e. The molecular formula is C16H18. The van der Waals surface area contributed by atoms with Crippen LogP contribution in [0.4, 0.5) is 0 Å². The van der Waals surface area contributed by atoms with Gasteiger partial charge in [-0.25, -0.2) is 0 Å². The minimum absolute atomic E-state index is 0.653. The summed E-state index contributed by atoms with van der Waals surface area (Å²) in [4.78, 5) is 0. The molecule has 82 valence electrons. The Kier molecular flexibility index (Phi) is 2.09. The van der Waals surface area contributed by atoms with Crippen LogP contribution >= 0.6 is 0 Å². The number of allylic oxidation sites excluding steroid dienone is 5. The van der Waals surface area contributed by atoms with Crippen molar-refractivity contribution in [3.05, 3.63) is 52.8 Å². The lowest BCUT2D eigenvalue weighted by atomic mass is 9.86. The van der Waals surface area contributed by atoms with Gasteiger partial charge in [-0.3, -0.25) is 0 Å². The van der Waals surface area contributed by atoms with Crippen LogP contribution in [0.15, 0.2) is 52.8 Å². The van der Waals surface area contributed by atoms with Gasteiger partial charge in [0.15, 0.2) is 0 Å². The van der Waals surface area contributed by atoms with Crippen LogP contribution in [0.1, 0.15) is 32.6 Å². The molecule has 0 nitrogen and oxygen atoms in total. The molecule has 3 rings (SSSR count). The third-order valence-corrected chi connectivity index (χ3v) is 4.26. The van der Waals surface area contributed by atoms with Gasteiger partial charge in [0.1, 0.15) is 0 Å². The smallest absolute Gasteiger partial charge is 0.00161 e. The predicted molar refractivity (Wildman–Crippen MR) is 68.0 cm³/mol. The molecule has 0 aliphatic heterocycles. The molecule has 0 saturated heterocycles. The second kappa shape index (κ2) is 3.37. The fourth-order valence-electron chi connectivity index (χ4n) is 3.22. The van der Waals surface area contributed by atoms with E-state index < -0.39 is 0 Å². The zero-order valence-corrected chi connectivity index (χ0v) is 9.97. The van der Waals surface area contributed by atoms with E-state index >= 15 is 0 Å². The summed E-state index contributed by atoms with van der Waals surface area (Å²) >= 11 is 0. The zero-order valence-electron chi connectivity index (χ0n) is 9.97. The highest BCUT2D eigenvalue weighted by molar-refractivity contribution is 5.57. The summed E-state index contributed by atoms with van der Waals surface area (Å²) in [6.07, 6.45) is 6.85. The molecule has 0 amide bonds. The number of hydrogen-bond donors (Lipinski definition) is 0. The Morgan fingerprint density at radius 2 is 1.75 bits per heavy atom. The molecule has 0 heterocycles. The Bertz CT molecular complexity index is 448. The van der Waals surface area contributed by atoms with Crippen molar-refractivity contribution in [3.63, 3.8) is 0 Å². The molecule has 0 N–H and O–H groups in total. The summed E-state index contributed by atoms with van der Waals surface area (Å²) in [7, 11) is 0. The first kappa shape index (κ1) is 9.93. The standard InChI is InChI=1S/C16H18/c1-4-11-5-13-7-14(6-11)16-9-12(10(2)3)8-15(13)16/h4,11-12H,1-2,5-6,8-9H2,3H3. The third kappa shape index (κ3) is 1.30. The van der Waals surface area contributed by atoms with Crippen LogP contribution < -0.4 is 0 Å². The maximum absolute atomic E-state index is 4.11. The fourth-order valence-corrected chi connectivity index (χ4v) is 3.22. The van der Waals surface area contributed by atoms with E-state index in [1.54, 1.807) is 11.1 Å². The Hall–Kier alpha value is -1.26. The van der Waals surface area contributed by atoms with Gasteiger partial charge in [0.05, 0.1) is 0 Å². The van der Waals surface area contributed by atoms with Crippen LogP contribution in [0.3, 0.4) is 0 Å². The van der Waals surface area contributed by atoms with Crippen LogP contribution in [0.2, 0.25) is 0 Å². The van der Waals surface area contributed by atoms with Crippen LogP contribution in [-0.4, -0.2) is 0 Å². The molecule has 3 aliphatic carbocycles. The Labute approximate surface area is 97.7 Å². The van der Waals surface area contributed by atoms with Gasteiger partial charge in [0, 0.05) is 0 Å². The lowest BCUT2D eigenvalue weighted by Crippen LogP contribution is -2.05. The Balaban J connectivity index is 1.86. The molecule has 3 aliphatic rings. The van der Waals surface area contributed by atoms with Crippen molar-refractivity contribution in [2.45, 2.75) is 32.6 Å². The highest BCUT2D eigenvalue weighted by atomic mass is 14.4. The maximum Gasteiger partial charge on any atom is -0.00161 e. The first-order valence-electron chi connectivity index (χ1n) is 6.18. The lowest BCUT2D eigenvalue weighted by molar-refractivity contribution is 0.602. The van der Waals surface area contributed by atoms with Crippen molar-refractivity contribution in [3.8, 4) is 0 Å². The normalized spacial score (nSPS) is 24.3. The molecule has 0 aromatic rings. The van der Waals surface area contributed by atoms with Gasteiger partial charge < -0.3 is 0 Å². The van der Waals surface area contributed by atoms with Crippen LogP contribution in [0, 0.1) is 11.8 Å². The van der Waals surface area contributed by atoms with Gasteiger partial charge in [-0.15, -0.1) is 12.3 Å². The van der Waals surface area contributed by atoms with Gasteiger partial charge in [-0.2, -0.15) is 0 Å². The number of hydrogen-bond acceptors (Lipinski definition) is 0. The molecule has 0 fully saturated rings. The van der Waals surface area contributed by atoms with Crippen LogP contribution in [0.25, 0.3) is 0 Å². The molecule has 0 unspecified atom stereocenters. The van der Waals surface area contributed by atoms with Crippen LogP contribution in [-0.2, 0) is 0 Å². The van der Waals surface area contributed by atoms with Crippen molar-refractivity contribution in [2.24, 2.45) is 11.8 Å².